The summed E-state index contributed by atoms with van der Waals surface area (Å²) in [5, 5.41) is 0. The lowest BCUT2D eigenvalue weighted by Gasteiger charge is -2.54. The van der Waals surface area contributed by atoms with Crippen LogP contribution >= 0.6 is 22.6 Å². The van der Waals surface area contributed by atoms with Gasteiger partial charge in [-0.15, -0.1) is 0 Å². The molecule has 4 aliphatic carbocycles. The molecule has 0 aliphatic heterocycles. The number of fused-ring (bicyclic) bond motifs is 5. The number of alkyl halides is 1. The fourth-order valence-corrected chi connectivity index (χ4v) is 7.76. The highest BCUT2D eigenvalue weighted by atomic mass is 127. The second kappa shape index (κ2) is 5.71. The summed E-state index contributed by atoms with van der Waals surface area (Å²) < 4.78 is 0.278. The monoisotopic (exact) mass is 446 g/mol. The highest BCUT2D eigenvalue weighted by Crippen LogP contribution is 2.68. The fourth-order valence-electron chi connectivity index (χ4n) is 6.44. The van der Waals surface area contributed by atoms with Crippen molar-refractivity contribution >= 4 is 22.6 Å². The Morgan fingerprint density at radius 2 is 2.08 bits per heavy atom. The van der Waals surface area contributed by atoms with E-state index in [0.29, 0.717) is 5.41 Å². The third-order valence-corrected chi connectivity index (χ3v) is 10.7. The van der Waals surface area contributed by atoms with E-state index in [2.05, 4.69) is 80.8 Å². The lowest BCUT2D eigenvalue weighted by atomic mass is 9.52. The number of hydrogen-bond donors (Lipinski definition) is 0. The van der Waals surface area contributed by atoms with Crippen molar-refractivity contribution < 1.29 is 0 Å². The van der Waals surface area contributed by atoms with E-state index in [4.69, 9.17) is 0 Å². The number of hydrogen-bond acceptors (Lipinski definition) is 0. The summed E-state index contributed by atoms with van der Waals surface area (Å²) in [5.41, 5.74) is 6.43. The quantitative estimate of drug-likeness (QED) is 0.237. The summed E-state index contributed by atoms with van der Waals surface area (Å²) in [6, 6.07) is 0. The van der Waals surface area contributed by atoms with Crippen LogP contribution in [-0.2, 0) is 0 Å². The SMILES string of the molecule is C=C1C=C[C@@]2(C)C(=C1)CCC1C2=CC[C@@]2(C)C1CC[C@]2(I)C(=C)CC. The standard InChI is InChI=1S/C24H31I/c1-6-17(3)24(25)14-11-21-19-8-7-18-15-16(2)9-12-22(18,4)20(19)10-13-23(21,24)5/h9-10,12,15,19,21H,2-3,6-8,11,13-14H2,1,4-5H3/t19?,21?,22-,23-,24-/m0/s1. The van der Waals surface area contributed by atoms with Crippen LogP contribution in [0.1, 0.15) is 59.3 Å². The van der Waals surface area contributed by atoms with Crippen LogP contribution in [0.4, 0.5) is 0 Å². The number of allylic oxidation sites excluding steroid dienone is 8. The highest BCUT2D eigenvalue weighted by Gasteiger charge is 2.61. The van der Waals surface area contributed by atoms with E-state index in [1.54, 1.807) is 11.1 Å². The lowest BCUT2D eigenvalue weighted by Crippen LogP contribution is -2.48. The first-order valence-corrected chi connectivity index (χ1v) is 11.0. The minimum Gasteiger partial charge on any atom is -0.0985 e. The zero-order valence-electron chi connectivity index (χ0n) is 16.0. The molecule has 134 valence electrons. The Labute approximate surface area is 167 Å². The van der Waals surface area contributed by atoms with Gasteiger partial charge in [0.25, 0.3) is 0 Å². The second-order valence-electron chi connectivity index (χ2n) is 9.11. The van der Waals surface area contributed by atoms with Crippen LogP contribution in [-0.4, -0.2) is 3.42 Å². The molecule has 0 N–H and O–H groups in total. The van der Waals surface area contributed by atoms with Crippen molar-refractivity contribution in [1.29, 1.82) is 0 Å². The number of halogens is 1. The van der Waals surface area contributed by atoms with Crippen molar-refractivity contribution in [1.82, 2.24) is 0 Å². The first-order valence-electron chi connectivity index (χ1n) is 9.93. The molecule has 4 aliphatic rings. The molecular formula is C24H31I. The largest absolute Gasteiger partial charge is 0.0985 e. The Balaban J connectivity index is 1.77. The van der Waals surface area contributed by atoms with Crippen LogP contribution in [0.25, 0.3) is 0 Å². The minimum atomic E-state index is 0.143. The van der Waals surface area contributed by atoms with Gasteiger partial charge in [0.2, 0.25) is 0 Å². The first-order chi connectivity index (χ1) is 11.8. The van der Waals surface area contributed by atoms with Crippen LogP contribution in [0, 0.1) is 22.7 Å². The molecule has 25 heavy (non-hydrogen) atoms. The summed E-state index contributed by atoms with van der Waals surface area (Å²) in [7, 11) is 0. The Hall–Kier alpha value is -0.570. The van der Waals surface area contributed by atoms with Gasteiger partial charge in [0.05, 0.1) is 0 Å². The molecule has 4 rings (SSSR count). The van der Waals surface area contributed by atoms with Gasteiger partial charge in [-0.1, -0.05) is 90.6 Å². The average Bonchev–Trinajstić information content (AvgIpc) is 2.87. The molecule has 0 saturated heterocycles. The molecule has 1 heteroatoms. The molecule has 5 atom stereocenters. The Kier molecular flexibility index (Phi) is 4.07. The van der Waals surface area contributed by atoms with E-state index in [1.165, 1.54) is 43.3 Å². The minimum absolute atomic E-state index is 0.143. The van der Waals surface area contributed by atoms with Gasteiger partial charge in [0.1, 0.15) is 0 Å². The normalized spacial score (nSPS) is 45.2. The number of rotatable bonds is 2. The van der Waals surface area contributed by atoms with Crippen LogP contribution < -0.4 is 0 Å². The van der Waals surface area contributed by atoms with Gasteiger partial charge in [0, 0.05) is 8.84 Å². The molecule has 0 heterocycles. The molecule has 0 aromatic carbocycles. The Morgan fingerprint density at radius 1 is 1.32 bits per heavy atom. The summed E-state index contributed by atoms with van der Waals surface area (Å²) in [6.07, 6.45) is 17.2. The maximum absolute atomic E-state index is 4.50. The average molecular weight is 446 g/mol. The van der Waals surface area contributed by atoms with Gasteiger partial charge in [-0.3, -0.25) is 0 Å². The second-order valence-corrected chi connectivity index (χ2v) is 11.0. The van der Waals surface area contributed by atoms with E-state index in [1.807, 2.05) is 0 Å². The van der Waals surface area contributed by atoms with Crippen molar-refractivity contribution in [3.63, 3.8) is 0 Å². The molecule has 2 unspecified atom stereocenters. The molecule has 0 radical (unpaired) electrons. The molecule has 2 fully saturated rings. The smallest absolute Gasteiger partial charge is 0.0486 e. The van der Waals surface area contributed by atoms with Gasteiger partial charge >= 0.3 is 0 Å². The predicted molar refractivity (Wildman–Crippen MR) is 117 cm³/mol. The van der Waals surface area contributed by atoms with Crippen LogP contribution in [0.5, 0.6) is 0 Å². The Bertz CT molecular complexity index is 735. The summed E-state index contributed by atoms with van der Waals surface area (Å²) in [5.74, 6) is 1.56. The van der Waals surface area contributed by atoms with Crippen molar-refractivity contribution in [2.75, 3.05) is 0 Å². The third kappa shape index (κ3) is 2.23. The van der Waals surface area contributed by atoms with Gasteiger partial charge in [-0.2, -0.15) is 0 Å². The zero-order valence-corrected chi connectivity index (χ0v) is 18.2. The van der Waals surface area contributed by atoms with E-state index in [9.17, 15) is 0 Å². The molecule has 0 nitrogen and oxygen atoms in total. The molecule has 0 amide bonds. The maximum Gasteiger partial charge on any atom is 0.0486 e. The zero-order chi connectivity index (χ0) is 18.0. The summed E-state index contributed by atoms with van der Waals surface area (Å²) in [6.45, 7) is 15.9. The van der Waals surface area contributed by atoms with Crippen LogP contribution in [0.3, 0.4) is 0 Å². The summed E-state index contributed by atoms with van der Waals surface area (Å²) >= 11 is 2.78. The molecule has 0 bridgehead atoms. The van der Waals surface area contributed by atoms with Crippen molar-refractivity contribution in [3.8, 4) is 0 Å². The van der Waals surface area contributed by atoms with Gasteiger partial charge in [-0.05, 0) is 68.3 Å². The van der Waals surface area contributed by atoms with E-state index in [-0.39, 0.29) is 8.84 Å². The van der Waals surface area contributed by atoms with Gasteiger partial charge < -0.3 is 0 Å². The molecule has 2 saturated carbocycles. The van der Waals surface area contributed by atoms with E-state index >= 15 is 0 Å². The van der Waals surface area contributed by atoms with Gasteiger partial charge in [0.15, 0.2) is 0 Å². The third-order valence-electron chi connectivity index (χ3n) is 8.12. The van der Waals surface area contributed by atoms with Crippen LogP contribution in [0.2, 0.25) is 0 Å². The lowest BCUT2D eigenvalue weighted by molar-refractivity contribution is 0.121. The van der Waals surface area contributed by atoms with Crippen molar-refractivity contribution in [2.24, 2.45) is 22.7 Å². The first kappa shape index (κ1) is 17.8. The fraction of sp³-hybridized carbons (Fsp3) is 0.583. The predicted octanol–water partition coefficient (Wildman–Crippen LogP) is 7.34. The van der Waals surface area contributed by atoms with Gasteiger partial charge in [-0.25, -0.2) is 0 Å². The molecule has 0 aromatic heterocycles. The molecule has 0 aromatic rings. The van der Waals surface area contributed by atoms with E-state index < -0.39 is 0 Å². The Morgan fingerprint density at radius 3 is 2.80 bits per heavy atom. The highest BCUT2D eigenvalue weighted by molar-refractivity contribution is 14.1. The molecular weight excluding hydrogens is 415 g/mol. The van der Waals surface area contributed by atoms with Crippen LogP contribution in [0.15, 0.2) is 59.8 Å². The molecule has 0 spiro atoms. The van der Waals surface area contributed by atoms with Crippen molar-refractivity contribution in [3.05, 3.63) is 59.8 Å². The summed E-state index contributed by atoms with van der Waals surface area (Å²) in [4.78, 5) is 0. The maximum atomic E-state index is 4.50. The van der Waals surface area contributed by atoms with Crippen molar-refractivity contribution in [2.45, 2.75) is 62.7 Å². The topological polar surface area (TPSA) is 0 Å². The van der Waals surface area contributed by atoms with E-state index in [0.717, 1.165) is 18.3 Å².